The summed E-state index contributed by atoms with van der Waals surface area (Å²) in [6.45, 7) is 5.83. The van der Waals surface area contributed by atoms with Gasteiger partial charge in [0.1, 0.15) is 17.7 Å². The average molecular weight is 444 g/mol. The Kier molecular flexibility index (Phi) is 4.82. The normalized spacial score (nSPS) is 21.5. The molecule has 2 saturated heterocycles. The van der Waals surface area contributed by atoms with Crippen molar-refractivity contribution in [3.05, 3.63) is 49.4 Å². The maximum Gasteiger partial charge on any atom is 0.246 e. The van der Waals surface area contributed by atoms with E-state index in [4.69, 9.17) is 9.72 Å². The number of carbonyl (C=O) groups is 1. The highest BCUT2D eigenvalue weighted by Gasteiger charge is 2.45. The van der Waals surface area contributed by atoms with Crippen LogP contribution in [0.5, 0.6) is 5.88 Å². The standard InChI is InChI=1S/C24H25N7O2/c1-2-22(32)31-12-17-9-18(31)11-30(17)20-7-6-19-23(29-20)24(27-14-26-19)28-16-5-8-21(25-10-16)33-13-15-3-4-15/h2,5-8,10,14-15,17-18H,1,3-4,9,11-13H2,(H,26,27,28)/t17-,18-/m0/s1. The summed E-state index contributed by atoms with van der Waals surface area (Å²) >= 11 is 0. The number of anilines is 3. The Morgan fingerprint density at radius 2 is 2.06 bits per heavy atom. The molecule has 0 radical (unpaired) electrons. The van der Waals surface area contributed by atoms with Crippen molar-refractivity contribution in [2.45, 2.75) is 31.3 Å². The zero-order chi connectivity index (χ0) is 22.4. The molecule has 3 aromatic rings. The smallest absolute Gasteiger partial charge is 0.246 e. The Balaban J connectivity index is 1.21. The molecule has 0 spiro atoms. The number of aromatic nitrogens is 4. The predicted molar refractivity (Wildman–Crippen MR) is 125 cm³/mol. The summed E-state index contributed by atoms with van der Waals surface area (Å²) < 4.78 is 5.72. The fourth-order valence-electron chi connectivity index (χ4n) is 4.68. The fourth-order valence-corrected chi connectivity index (χ4v) is 4.68. The molecule has 6 rings (SSSR count). The zero-order valence-electron chi connectivity index (χ0n) is 18.2. The summed E-state index contributed by atoms with van der Waals surface area (Å²) in [5.41, 5.74) is 2.27. The summed E-state index contributed by atoms with van der Waals surface area (Å²) in [5, 5.41) is 3.32. The highest BCUT2D eigenvalue weighted by Crippen LogP contribution is 2.35. The van der Waals surface area contributed by atoms with Crippen LogP contribution in [0.4, 0.5) is 17.3 Å². The van der Waals surface area contributed by atoms with Crippen LogP contribution in [-0.2, 0) is 4.79 Å². The lowest BCUT2D eigenvalue weighted by Gasteiger charge is -2.34. The van der Waals surface area contributed by atoms with Crippen molar-refractivity contribution < 1.29 is 9.53 Å². The summed E-state index contributed by atoms with van der Waals surface area (Å²) in [7, 11) is 0. The van der Waals surface area contributed by atoms with Gasteiger partial charge in [-0.1, -0.05) is 6.58 Å². The second kappa shape index (κ2) is 7.99. The van der Waals surface area contributed by atoms with Crippen LogP contribution in [0.15, 0.2) is 49.4 Å². The van der Waals surface area contributed by atoms with Gasteiger partial charge < -0.3 is 19.9 Å². The third-order valence-corrected chi connectivity index (χ3v) is 6.62. The second-order valence-corrected chi connectivity index (χ2v) is 8.91. The quantitative estimate of drug-likeness (QED) is 0.557. The minimum Gasteiger partial charge on any atom is -0.477 e. The molecule has 2 bridgehead atoms. The predicted octanol–water partition coefficient (Wildman–Crippen LogP) is 2.93. The lowest BCUT2D eigenvalue weighted by atomic mass is 10.2. The van der Waals surface area contributed by atoms with Gasteiger partial charge >= 0.3 is 0 Å². The molecule has 2 atom stereocenters. The molecule has 168 valence electrons. The maximum atomic E-state index is 12.1. The van der Waals surface area contributed by atoms with Crippen molar-refractivity contribution in [1.82, 2.24) is 24.8 Å². The minimum atomic E-state index is 0.00562. The Bertz CT molecular complexity index is 1210. The van der Waals surface area contributed by atoms with Crippen LogP contribution >= 0.6 is 0 Å². The molecule has 3 aromatic heterocycles. The van der Waals surface area contributed by atoms with Crippen molar-refractivity contribution in [3.63, 3.8) is 0 Å². The molecule has 1 N–H and O–H groups in total. The highest BCUT2D eigenvalue weighted by molar-refractivity contribution is 5.89. The van der Waals surface area contributed by atoms with Crippen LogP contribution in [0.25, 0.3) is 11.0 Å². The van der Waals surface area contributed by atoms with Crippen molar-refractivity contribution in [2.24, 2.45) is 5.92 Å². The summed E-state index contributed by atoms with van der Waals surface area (Å²) in [6.07, 6.45) is 8.12. The zero-order valence-corrected chi connectivity index (χ0v) is 18.2. The van der Waals surface area contributed by atoms with Gasteiger partial charge in [-0.2, -0.15) is 0 Å². The van der Waals surface area contributed by atoms with Gasteiger partial charge in [0, 0.05) is 19.2 Å². The summed E-state index contributed by atoms with van der Waals surface area (Å²) in [5.74, 6) is 2.83. The third-order valence-electron chi connectivity index (χ3n) is 6.62. The minimum absolute atomic E-state index is 0.00562. The first-order chi connectivity index (χ1) is 16.2. The van der Waals surface area contributed by atoms with Crippen LogP contribution in [-0.4, -0.2) is 62.5 Å². The van der Waals surface area contributed by atoms with E-state index in [2.05, 4.69) is 31.7 Å². The lowest BCUT2D eigenvalue weighted by molar-refractivity contribution is -0.127. The van der Waals surface area contributed by atoms with Gasteiger partial charge in [-0.25, -0.2) is 19.9 Å². The molecule has 3 aliphatic rings. The second-order valence-electron chi connectivity index (χ2n) is 8.91. The number of hydrogen-bond acceptors (Lipinski definition) is 8. The molecule has 1 amide bonds. The van der Waals surface area contributed by atoms with Crippen LogP contribution in [0.2, 0.25) is 0 Å². The van der Waals surface area contributed by atoms with E-state index in [1.807, 2.05) is 29.2 Å². The Morgan fingerprint density at radius 3 is 2.79 bits per heavy atom. The molecular weight excluding hydrogens is 418 g/mol. The van der Waals surface area contributed by atoms with Gasteiger partial charge in [0.15, 0.2) is 5.82 Å². The first kappa shape index (κ1) is 19.9. The molecule has 0 unspecified atom stereocenters. The maximum absolute atomic E-state index is 12.1. The Labute approximate surface area is 191 Å². The monoisotopic (exact) mass is 443 g/mol. The Hall–Kier alpha value is -3.75. The molecule has 0 aromatic carbocycles. The number of nitrogens with zero attached hydrogens (tertiary/aromatic N) is 6. The molecule has 33 heavy (non-hydrogen) atoms. The van der Waals surface area contributed by atoms with Crippen molar-refractivity contribution >= 4 is 34.3 Å². The van der Waals surface area contributed by atoms with Crippen LogP contribution in [0.1, 0.15) is 19.3 Å². The van der Waals surface area contributed by atoms with E-state index in [0.717, 1.165) is 36.6 Å². The van der Waals surface area contributed by atoms with Gasteiger partial charge in [0.25, 0.3) is 0 Å². The molecule has 3 fully saturated rings. The van der Waals surface area contributed by atoms with E-state index in [0.29, 0.717) is 29.7 Å². The van der Waals surface area contributed by atoms with Crippen LogP contribution in [0, 0.1) is 5.92 Å². The number of hydrogen-bond donors (Lipinski definition) is 1. The molecule has 1 saturated carbocycles. The number of amides is 1. The van der Waals surface area contributed by atoms with Gasteiger partial charge in [0.2, 0.25) is 11.8 Å². The average Bonchev–Trinajstić information content (AvgIpc) is 3.47. The largest absolute Gasteiger partial charge is 0.477 e. The number of fused-ring (bicyclic) bond motifs is 3. The molecule has 9 nitrogen and oxygen atoms in total. The number of piperazine rings is 1. The number of ether oxygens (including phenoxy) is 1. The van der Waals surface area contributed by atoms with Gasteiger partial charge in [-0.15, -0.1) is 0 Å². The summed E-state index contributed by atoms with van der Waals surface area (Å²) in [6, 6.07) is 8.22. The van der Waals surface area contributed by atoms with Crippen LogP contribution < -0.4 is 15.0 Å². The molecular formula is C24H25N7O2. The number of carbonyl (C=O) groups excluding carboxylic acids is 1. The van der Waals surface area contributed by atoms with E-state index in [9.17, 15) is 4.79 Å². The van der Waals surface area contributed by atoms with E-state index < -0.39 is 0 Å². The molecule has 9 heteroatoms. The summed E-state index contributed by atoms with van der Waals surface area (Å²) in [4.78, 5) is 34.4. The first-order valence-corrected chi connectivity index (χ1v) is 11.4. The van der Waals surface area contributed by atoms with Crippen molar-refractivity contribution in [2.75, 3.05) is 29.9 Å². The first-order valence-electron chi connectivity index (χ1n) is 11.4. The number of likely N-dealkylation sites (tertiary alicyclic amines) is 1. The number of pyridine rings is 2. The lowest BCUT2D eigenvalue weighted by Crippen LogP contribution is -2.48. The van der Waals surface area contributed by atoms with Gasteiger partial charge in [-0.05, 0) is 49.5 Å². The van der Waals surface area contributed by atoms with E-state index in [1.54, 1.807) is 6.20 Å². The van der Waals surface area contributed by atoms with E-state index in [1.165, 1.54) is 25.2 Å². The third kappa shape index (κ3) is 3.83. The van der Waals surface area contributed by atoms with Gasteiger partial charge in [-0.3, -0.25) is 4.79 Å². The van der Waals surface area contributed by atoms with Crippen molar-refractivity contribution in [1.29, 1.82) is 0 Å². The van der Waals surface area contributed by atoms with Gasteiger partial charge in [0.05, 0.1) is 36.1 Å². The molecule has 2 aliphatic heterocycles. The topological polar surface area (TPSA) is 96.4 Å². The molecule has 1 aliphatic carbocycles. The van der Waals surface area contributed by atoms with E-state index in [-0.39, 0.29) is 18.0 Å². The highest BCUT2D eigenvalue weighted by atomic mass is 16.5. The Morgan fingerprint density at radius 1 is 1.15 bits per heavy atom. The fraction of sp³-hybridized carbons (Fsp3) is 0.375. The van der Waals surface area contributed by atoms with Crippen molar-refractivity contribution in [3.8, 4) is 5.88 Å². The number of rotatable bonds is 7. The van der Waals surface area contributed by atoms with E-state index >= 15 is 0 Å². The SMILES string of the molecule is C=CC(=O)N1C[C@@H]2C[C@H]1CN2c1ccc2ncnc(Nc3ccc(OCC4CC4)nc3)c2n1. The number of nitrogens with one attached hydrogen (secondary N) is 1. The molecule has 5 heterocycles. The van der Waals surface area contributed by atoms with Crippen LogP contribution in [0.3, 0.4) is 0 Å².